The zero-order chi connectivity index (χ0) is 19.8. The van der Waals surface area contributed by atoms with Crippen LogP contribution in [-0.2, 0) is 4.79 Å². The Morgan fingerprint density at radius 1 is 1.04 bits per heavy atom. The molecule has 0 aromatic heterocycles. The third-order valence-electron chi connectivity index (χ3n) is 5.89. The molecule has 0 atom stereocenters. The number of para-hydroxylation sites is 1. The number of nitrogens with zero attached hydrogens (tertiary/aromatic N) is 3. The zero-order valence-electron chi connectivity index (χ0n) is 16.5. The molecule has 2 fully saturated rings. The third kappa shape index (κ3) is 3.40. The Labute approximate surface area is 160 Å². The Morgan fingerprint density at radius 2 is 1.63 bits per heavy atom. The topological polar surface area (TPSA) is 55.9 Å². The monoisotopic (exact) mass is 376 g/mol. The summed E-state index contributed by atoms with van der Waals surface area (Å²) in [6, 6.07) is 6.44. The summed E-state index contributed by atoms with van der Waals surface area (Å²) in [6.07, 6.45) is 0. The number of piperazine rings is 1. The number of nitrogens with one attached hydrogen (secondary N) is 1. The fraction of sp³-hybridized carbons (Fsp3) is 0.600. The van der Waals surface area contributed by atoms with E-state index in [1.54, 1.807) is 12.1 Å². The highest BCUT2D eigenvalue weighted by Crippen LogP contribution is 2.33. The molecular weight excluding hydrogens is 347 g/mol. The van der Waals surface area contributed by atoms with E-state index < -0.39 is 5.54 Å². The molecule has 6 nitrogen and oxygen atoms in total. The van der Waals surface area contributed by atoms with E-state index in [1.165, 1.54) is 11.0 Å². The summed E-state index contributed by atoms with van der Waals surface area (Å²) in [6.45, 7) is 10.8. The van der Waals surface area contributed by atoms with Crippen LogP contribution in [0.1, 0.15) is 27.7 Å². The first kappa shape index (κ1) is 19.6. The highest BCUT2D eigenvalue weighted by atomic mass is 19.1. The van der Waals surface area contributed by atoms with Crippen molar-refractivity contribution in [3.05, 3.63) is 30.1 Å². The van der Waals surface area contributed by atoms with Gasteiger partial charge in [-0.1, -0.05) is 39.8 Å². The van der Waals surface area contributed by atoms with Gasteiger partial charge in [-0.15, -0.1) is 0 Å². The van der Waals surface area contributed by atoms with Gasteiger partial charge in [0, 0.05) is 26.2 Å². The van der Waals surface area contributed by atoms with Crippen molar-refractivity contribution in [1.29, 1.82) is 0 Å². The molecule has 1 aromatic rings. The van der Waals surface area contributed by atoms with Gasteiger partial charge >= 0.3 is 6.03 Å². The molecule has 0 spiro atoms. The molecule has 148 valence electrons. The number of benzene rings is 1. The van der Waals surface area contributed by atoms with Crippen LogP contribution in [0.2, 0.25) is 0 Å². The minimum atomic E-state index is -0.841. The lowest BCUT2D eigenvalue weighted by atomic mass is 9.77. The van der Waals surface area contributed by atoms with Crippen LogP contribution in [0.15, 0.2) is 24.3 Å². The molecule has 3 rings (SSSR count). The lowest BCUT2D eigenvalue weighted by Crippen LogP contribution is -2.56. The van der Waals surface area contributed by atoms with Crippen LogP contribution in [0.3, 0.4) is 0 Å². The van der Waals surface area contributed by atoms with Crippen molar-refractivity contribution in [1.82, 2.24) is 15.1 Å². The van der Waals surface area contributed by atoms with Crippen molar-refractivity contribution >= 4 is 17.6 Å². The molecule has 7 heteroatoms. The van der Waals surface area contributed by atoms with E-state index in [2.05, 4.69) is 10.2 Å². The molecule has 2 aliphatic rings. The van der Waals surface area contributed by atoms with E-state index in [0.29, 0.717) is 31.9 Å². The number of hydrogen-bond acceptors (Lipinski definition) is 4. The van der Waals surface area contributed by atoms with Crippen LogP contribution in [0.4, 0.5) is 14.9 Å². The van der Waals surface area contributed by atoms with E-state index in [0.717, 1.165) is 0 Å². The predicted molar refractivity (Wildman–Crippen MR) is 103 cm³/mol. The first-order valence-corrected chi connectivity index (χ1v) is 9.63. The van der Waals surface area contributed by atoms with E-state index >= 15 is 0 Å². The van der Waals surface area contributed by atoms with E-state index in [-0.39, 0.29) is 36.3 Å². The summed E-state index contributed by atoms with van der Waals surface area (Å²) < 4.78 is 14.0. The molecule has 1 N–H and O–H groups in total. The Morgan fingerprint density at radius 3 is 2.15 bits per heavy atom. The highest BCUT2D eigenvalue weighted by Gasteiger charge is 2.55. The second kappa shape index (κ2) is 7.46. The number of urea groups is 1. The van der Waals surface area contributed by atoms with Gasteiger partial charge in [-0.05, 0) is 24.0 Å². The number of hydrogen-bond donors (Lipinski definition) is 1. The van der Waals surface area contributed by atoms with Crippen LogP contribution >= 0.6 is 0 Å². The van der Waals surface area contributed by atoms with Crippen molar-refractivity contribution in [2.45, 2.75) is 33.2 Å². The second-order valence-corrected chi connectivity index (χ2v) is 8.04. The number of imide groups is 1. The Balaban J connectivity index is 1.65. The number of carbonyl (C=O) groups is 2. The first-order valence-electron chi connectivity index (χ1n) is 9.63. The van der Waals surface area contributed by atoms with Gasteiger partial charge in [-0.25, -0.2) is 14.1 Å². The van der Waals surface area contributed by atoms with Crippen molar-refractivity contribution in [2.24, 2.45) is 11.8 Å². The van der Waals surface area contributed by atoms with Gasteiger partial charge in [-0.2, -0.15) is 0 Å². The quantitative estimate of drug-likeness (QED) is 0.803. The van der Waals surface area contributed by atoms with E-state index in [9.17, 15) is 14.0 Å². The zero-order valence-corrected chi connectivity index (χ0v) is 16.5. The number of amides is 3. The average Bonchev–Trinajstić information content (AvgIpc) is 2.89. The van der Waals surface area contributed by atoms with Crippen molar-refractivity contribution in [2.75, 3.05) is 37.7 Å². The van der Waals surface area contributed by atoms with E-state index in [1.807, 2.05) is 38.7 Å². The summed E-state index contributed by atoms with van der Waals surface area (Å²) in [7, 11) is 0. The summed E-state index contributed by atoms with van der Waals surface area (Å²) in [5, 5.41) is 2.95. The maximum absolute atomic E-state index is 14.0. The Hall–Kier alpha value is -2.15. The van der Waals surface area contributed by atoms with Crippen molar-refractivity contribution in [3.8, 4) is 0 Å². The lowest BCUT2D eigenvalue weighted by Gasteiger charge is -2.38. The maximum Gasteiger partial charge on any atom is 0.326 e. The van der Waals surface area contributed by atoms with Gasteiger partial charge in [0.05, 0.1) is 12.4 Å². The standard InChI is InChI=1S/C20H29FN4O2/c1-14(2)20(15(3)4)18(26)25(19(27)22-20)13-23-9-11-24(12-10-23)17-8-6-5-7-16(17)21/h5-8,14-15H,9-13H2,1-4H3,(H,22,27). The van der Waals surface area contributed by atoms with Gasteiger partial charge in [0.2, 0.25) is 0 Å². The van der Waals surface area contributed by atoms with Gasteiger partial charge in [0.25, 0.3) is 5.91 Å². The molecule has 0 unspecified atom stereocenters. The molecule has 2 heterocycles. The largest absolute Gasteiger partial charge is 0.367 e. The molecular formula is C20H29FN4O2. The number of rotatable bonds is 5. The fourth-order valence-electron chi connectivity index (χ4n) is 4.23. The average molecular weight is 376 g/mol. The Bertz CT molecular complexity index is 706. The number of halogens is 1. The van der Waals surface area contributed by atoms with Crippen molar-refractivity contribution in [3.63, 3.8) is 0 Å². The summed E-state index contributed by atoms with van der Waals surface area (Å²) in [5.41, 5.74) is -0.239. The molecule has 0 saturated carbocycles. The summed E-state index contributed by atoms with van der Waals surface area (Å²) in [5.74, 6) is -0.346. The molecule has 1 aromatic carbocycles. The minimum absolute atomic E-state index is 0.0110. The van der Waals surface area contributed by atoms with Gasteiger partial charge < -0.3 is 10.2 Å². The van der Waals surface area contributed by atoms with Crippen molar-refractivity contribution < 1.29 is 14.0 Å². The van der Waals surface area contributed by atoms with Crippen LogP contribution in [0.25, 0.3) is 0 Å². The molecule has 0 aliphatic carbocycles. The molecule has 27 heavy (non-hydrogen) atoms. The highest BCUT2D eigenvalue weighted by molar-refractivity contribution is 6.07. The number of carbonyl (C=O) groups excluding carboxylic acids is 2. The molecule has 2 aliphatic heterocycles. The normalized spacial score (nSPS) is 20.7. The van der Waals surface area contributed by atoms with E-state index in [4.69, 9.17) is 0 Å². The molecule has 0 radical (unpaired) electrons. The molecule has 3 amide bonds. The third-order valence-corrected chi connectivity index (χ3v) is 5.89. The Kier molecular flexibility index (Phi) is 5.42. The number of anilines is 1. The minimum Gasteiger partial charge on any atom is -0.367 e. The van der Waals surface area contributed by atoms with Crippen LogP contribution < -0.4 is 10.2 Å². The fourth-order valence-corrected chi connectivity index (χ4v) is 4.23. The van der Waals surface area contributed by atoms with Gasteiger partial charge in [0.15, 0.2) is 0 Å². The summed E-state index contributed by atoms with van der Waals surface area (Å²) >= 11 is 0. The summed E-state index contributed by atoms with van der Waals surface area (Å²) in [4.78, 5) is 31.0. The van der Waals surface area contributed by atoms with Crippen LogP contribution in [0.5, 0.6) is 0 Å². The predicted octanol–water partition coefficient (Wildman–Crippen LogP) is 2.51. The first-order chi connectivity index (χ1) is 12.8. The van der Waals surface area contributed by atoms with Gasteiger partial charge in [-0.3, -0.25) is 9.69 Å². The molecule has 2 saturated heterocycles. The SMILES string of the molecule is CC(C)C1(C(C)C)NC(=O)N(CN2CCN(c3ccccc3F)CC2)C1=O. The smallest absolute Gasteiger partial charge is 0.326 e. The second-order valence-electron chi connectivity index (χ2n) is 8.04. The maximum atomic E-state index is 14.0. The molecule has 0 bridgehead atoms. The van der Waals surface area contributed by atoms with Crippen LogP contribution in [0, 0.1) is 17.7 Å². The van der Waals surface area contributed by atoms with Gasteiger partial charge in [0.1, 0.15) is 11.4 Å². The van der Waals surface area contributed by atoms with Crippen LogP contribution in [-0.4, -0.2) is 60.1 Å². The lowest BCUT2D eigenvalue weighted by molar-refractivity contribution is -0.136.